The second kappa shape index (κ2) is 7.39. The SMILES string of the molecule is CCNC1CCN(C2CCN(Cc3ccccc3)CC2)C1. The molecular weight excluding hydrogens is 258 g/mol. The van der Waals surface area contributed by atoms with Gasteiger partial charge in [-0.15, -0.1) is 0 Å². The first-order valence-electron chi connectivity index (χ1n) is 8.59. The second-order valence-electron chi connectivity index (χ2n) is 6.53. The molecule has 0 aliphatic carbocycles. The number of benzene rings is 1. The van der Waals surface area contributed by atoms with Crippen LogP contribution in [-0.2, 0) is 6.54 Å². The Bertz CT molecular complexity index is 412. The molecule has 1 N–H and O–H groups in total. The fourth-order valence-corrected chi connectivity index (χ4v) is 3.86. The summed E-state index contributed by atoms with van der Waals surface area (Å²) in [4.78, 5) is 5.34. The van der Waals surface area contributed by atoms with Gasteiger partial charge in [-0.1, -0.05) is 37.3 Å². The molecule has 0 aromatic heterocycles. The lowest BCUT2D eigenvalue weighted by Crippen LogP contribution is -2.44. The predicted molar refractivity (Wildman–Crippen MR) is 88.4 cm³/mol. The Labute approximate surface area is 129 Å². The minimum atomic E-state index is 0.734. The van der Waals surface area contributed by atoms with Crippen molar-refractivity contribution in [1.29, 1.82) is 0 Å². The van der Waals surface area contributed by atoms with Crippen molar-refractivity contribution in [3.8, 4) is 0 Å². The van der Waals surface area contributed by atoms with E-state index in [0.717, 1.165) is 25.2 Å². The third-order valence-corrected chi connectivity index (χ3v) is 5.03. The summed E-state index contributed by atoms with van der Waals surface area (Å²) in [6.07, 6.45) is 4.01. The number of hydrogen-bond donors (Lipinski definition) is 1. The van der Waals surface area contributed by atoms with Crippen molar-refractivity contribution >= 4 is 0 Å². The first-order valence-corrected chi connectivity index (χ1v) is 8.59. The number of rotatable bonds is 5. The molecule has 2 saturated heterocycles. The Morgan fingerprint density at radius 3 is 2.52 bits per heavy atom. The highest BCUT2D eigenvalue weighted by molar-refractivity contribution is 5.14. The maximum absolute atomic E-state index is 3.60. The van der Waals surface area contributed by atoms with Gasteiger partial charge in [0.2, 0.25) is 0 Å². The minimum absolute atomic E-state index is 0.734. The molecule has 21 heavy (non-hydrogen) atoms. The van der Waals surface area contributed by atoms with Crippen LogP contribution in [0.4, 0.5) is 0 Å². The zero-order valence-electron chi connectivity index (χ0n) is 13.3. The van der Waals surface area contributed by atoms with Gasteiger partial charge in [-0.05, 0) is 44.5 Å². The van der Waals surface area contributed by atoms with Gasteiger partial charge in [0.15, 0.2) is 0 Å². The standard InChI is InChI=1S/C18H29N3/c1-2-19-17-8-13-21(15-17)18-9-11-20(12-10-18)14-16-6-4-3-5-7-16/h3-7,17-19H,2,8-15H2,1H3. The number of piperidine rings is 1. The van der Waals surface area contributed by atoms with E-state index in [1.54, 1.807) is 0 Å². The van der Waals surface area contributed by atoms with Gasteiger partial charge in [-0.3, -0.25) is 9.80 Å². The van der Waals surface area contributed by atoms with E-state index in [9.17, 15) is 0 Å². The van der Waals surface area contributed by atoms with E-state index in [4.69, 9.17) is 0 Å². The number of nitrogens with one attached hydrogen (secondary N) is 1. The fourth-order valence-electron chi connectivity index (χ4n) is 3.86. The van der Waals surface area contributed by atoms with Gasteiger partial charge < -0.3 is 5.32 Å². The quantitative estimate of drug-likeness (QED) is 0.897. The first kappa shape index (κ1) is 15.0. The Balaban J connectivity index is 1.43. The van der Waals surface area contributed by atoms with Gasteiger partial charge in [0.1, 0.15) is 0 Å². The van der Waals surface area contributed by atoms with Gasteiger partial charge in [-0.2, -0.15) is 0 Å². The van der Waals surface area contributed by atoms with Crippen LogP contribution in [0.25, 0.3) is 0 Å². The summed E-state index contributed by atoms with van der Waals surface area (Å²) in [5.74, 6) is 0. The minimum Gasteiger partial charge on any atom is -0.313 e. The molecule has 2 heterocycles. The molecule has 3 rings (SSSR count). The van der Waals surface area contributed by atoms with E-state index < -0.39 is 0 Å². The summed E-state index contributed by atoms with van der Waals surface area (Å²) in [5, 5.41) is 3.60. The third kappa shape index (κ3) is 4.06. The first-order chi connectivity index (χ1) is 10.3. The molecular formula is C18H29N3. The van der Waals surface area contributed by atoms with Crippen LogP contribution in [0.15, 0.2) is 30.3 Å². The van der Waals surface area contributed by atoms with Gasteiger partial charge in [0.05, 0.1) is 0 Å². The highest BCUT2D eigenvalue weighted by atomic mass is 15.2. The number of likely N-dealkylation sites (tertiary alicyclic amines) is 2. The van der Waals surface area contributed by atoms with Gasteiger partial charge >= 0.3 is 0 Å². The molecule has 2 fully saturated rings. The Kier molecular flexibility index (Phi) is 5.28. The Hall–Kier alpha value is -0.900. The molecule has 2 aliphatic rings. The summed E-state index contributed by atoms with van der Waals surface area (Å²) in [6, 6.07) is 12.4. The molecule has 0 bridgehead atoms. The van der Waals surface area contributed by atoms with E-state index in [2.05, 4.69) is 52.4 Å². The lowest BCUT2D eigenvalue weighted by molar-refractivity contribution is 0.121. The van der Waals surface area contributed by atoms with Gasteiger partial charge in [-0.25, -0.2) is 0 Å². The van der Waals surface area contributed by atoms with Crippen LogP contribution in [0.5, 0.6) is 0 Å². The number of nitrogens with zero attached hydrogens (tertiary/aromatic N) is 2. The maximum Gasteiger partial charge on any atom is 0.0233 e. The molecule has 0 saturated carbocycles. The van der Waals surface area contributed by atoms with Crippen LogP contribution in [0, 0.1) is 0 Å². The molecule has 0 spiro atoms. The largest absolute Gasteiger partial charge is 0.313 e. The van der Waals surface area contributed by atoms with Crippen molar-refractivity contribution in [3.63, 3.8) is 0 Å². The lowest BCUT2D eigenvalue weighted by Gasteiger charge is -2.36. The molecule has 1 aromatic rings. The summed E-state index contributed by atoms with van der Waals surface area (Å²) >= 11 is 0. The van der Waals surface area contributed by atoms with Crippen LogP contribution in [0.3, 0.4) is 0 Å². The van der Waals surface area contributed by atoms with Crippen LogP contribution < -0.4 is 5.32 Å². The maximum atomic E-state index is 3.60. The monoisotopic (exact) mass is 287 g/mol. The van der Waals surface area contributed by atoms with Crippen molar-refractivity contribution in [2.75, 3.05) is 32.7 Å². The van der Waals surface area contributed by atoms with Crippen molar-refractivity contribution in [2.24, 2.45) is 0 Å². The fraction of sp³-hybridized carbons (Fsp3) is 0.667. The molecule has 1 unspecified atom stereocenters. The van der Waals surface area contributed by atoms with Gasteiger partial charge in [0, 0.05) is 31.7 Å². The molecule has 116 valence electrons. The predicted octanol–water partition coefficient (Wildman–Crippen LogP) is 2.33. The molecule has 2 aliphatic heterocycles. The summed E-state index contributed by atoms with van der Waals surface area (Å²) in [7, 11) is 0. The van der Waals surface area contributed by atoms with Crippen molar-refractivity contribution in [2.45, 2.75) is 44.8 Å². The summed E-state index contributed by atoms with van der Waals surface area (Å²) < 4.78 is 0. The van der Waals surface area contributed by atoms with Crippen molar-refractivity contribution in [3.05, 3.63) is 35.9 Å². The number of likely N-dealkylation sites (N-methyl/N-ethyl adjacent to an activating group) is 1. The normalized spacial score (nSPS) is 25.5. The molecule has 1 atom stereocenters. The zero-order valence-corrected chi connectivity index (χ0v) is 13.3. The molecule has 3 heteroatoms. The summed E-state index contributed by atoms with van der Waals surface area (Å²) in [5.41, 5.74) is 1.45. The van der Waals surface area contributed by atoms with Crippen LogP contribution in [-0.4, -0.2) is 54.6 Å². The molecule has 0 amide bonds. The van der Waals surface area contributed by atoms with E-state index >= 15 is 0 Å². The number of hydrogen-bond acceptors (Lipinski definition) is 3. The van der Waals surface area contributed by atoms with E-state index in [1.165, 1.54) is 51.0 Å². The molecule has 1 aromatic carbocycles. The average molecular weight is 287 g/mol. The Morgan fingerprint density at radius 2 is 1.81 bits per heavy atom. The highest BCUT2D eigenvalue weighted by Crippen LogP contribution is 2.22. The van der Waals surface area contributed by atoms with Crippen molar-refractivity contribution < 1.29 is 0 Å². The average Bonchev–Trinajstić information content (AvgIpc) is 2.98. The van der Waals surface area contributed by atoms with E-state index in [-0.39, 0.29) is 0 Å². The smallest absolute Gasteiger partial charge is 0.0233 e. The van der Waals surface area contributed by atoms with Crippen molar-refractivity contribution in [1.82, 2.24) is 15.1 Å². The van der Waals surface area contributed by atoms with Crippen LogP contribution >= 0.6 is 0 Å². The molecule has 3 nitrogen and oxygen atoms in total. The van der Waals surface area contributed by atoms with E-state index in [0.29, 0.717) is 0 Å². The lowest BCUT2D eigenvalue weighted by atomic mass is 10.0. The summed E-state index contributed by atoms with van der Waals surface area (Å²) in [6.45, 7) is 9.49. The van der Waals surface area contributed by atoms with Crippen LogP contribution in [0.1, 0.15) is 31.7 Å². The van der Waals surface area contributed by atoms with Crippen LogP contribution in [0.2, 0.25) is 0 Å². The second-order valence-corrected chi connectivity index (χ2v) is 6.53. The topological polar surface area (TPSA) is 18.5 Å². The Morgan fingerprint density at radius 1 is 1.05 bits per heavy atom. The van der Waals surface area contributed by atoms with Gasteiger partial charge in [0.25, 0.3) is 0 Å². The third-order valence-electron chi connectivity index (χ3n) is 5.03. The molecule has 0 radical (unpaired) electrons. The highest BCUT2D eigenvalue weighted by Gasteiger charge is 2.30. The van der Waals surface area contributed by atoms with E-state index in [1.807, 2.05) is 0 Å². The zero-order chi connectivity index (χ0) is 14.5.